The first kappa shape index (κ1) is 26.4. The van der Waals surface area contributed by atoms with Gasteiger partial charge in [-0.3, -0.25) is 0 Å². The summed E-state index contributed by atoms with van der Waals surface area (Å²) in [6.45, 7) is 0. The van der Waals surface area contributed by atoms with Gasteiger partial charge in [0.15, 0.2) is 17.5 Å². The summed E-state index contributed by atoms with van der Waals surface area (Å²) in [4.78, 5) is 19.6. The summed E-state index contributed by atoms with van der Waals surface area (Å²) in [6, 6.07) is 49.3. The van der Waals surface area contributed by atoms with E-state index in [1.165, 1.54) is 0 Å². The van der Waals surface area contributed by atoms with Crippen LogP contribution in [0.3, 0.4) is 0 Å². The number of benzene rings is 6. The fourth-order valence-corrected chi connectivity index (χ4v) is 6.91. The van der Waals surface area contributed by atoms with Crippen molar-refractivity contribution in [2.75, 3.05) is 0 Å². The van der Waals surface area contributed by atoms with Gasteiger partial charge in [-0.05, 0) is 23.3 Å². The molecular weight excluding hydrogens is 585 g/mol. The van der Waals surface area contributed by atoms with Crippen LogP contribution in [0.4, 0.5) is 0 Å². The maximum Gasteiger partial charge on any atom is 0.164 e. The second-order valence-corrected chi connectivity index (χ2v) is 12.1. The van der Waals surface area contributed by atoms with Gasteiger partial charge >= 0.3 is 0 Å². The fourth-order valence-electron chi connectivity index (χ4n) is 5.93. The van der Waals surface area contributed by atoms with E-state index >= 15 is 0 Å². The molecule has 0 N–H and O–H groups in total. The molecular formula is C40H24N4OS. The normalized spacial score (nSPS) is 11.5. The molecule has 6 aromatic carbocycles. The maximum atomic E-state index is 6.39. The topological polar surface area (TPSA) is 64.7 Å². The molecule has 5 nitrogen and oxygen atoms in total. The molecule has 0 radical (unpaired) electrons. The Morgan fingerprint density at radius 3 is 1.59 bits per heavy atom. The van der Waals surface area contributed by atoms with Crippen molar-refractivity contribution >= 4 is 43.5 Å². The zero-order valence-corrected chi connectivity index (χ0v) is 25.3. The van der Waals surface area contributed by atoms with E-state index in [1.807, 2.05) is 91.0 Å². The Labute approximate surface area is 268 Å². The Morgan fingerprint density at radius 2 is 0.978 bits per heavy atom. The molecule has 0 saturated heterocycles. The van der Waals surface area contributed by atoms with Crippen molar-refractivity contribution in [3.63, 3.8) is 0 Å². The fraction of sp³-hybridized carbons (Fsp3) is 0. The number of hydrogen-bond acceptors (Lipinski definition) is 6. The molecule has 0 aliphatic rings. The minimum absolute atomic E-state index is 0.631. The van der Waals surface area contributed by atoms with E-state index in [4.69, 9.17) is 24.4 Å². The summed E-state index contributed by atoms with van der Waals surface area (Å²) in [7, 11) is 0. The monoisotopic (exact) mass is 608 g/mol. The molecule has 0 saturated carbocycles. The van der Waals surface area contributed by atoms with Crippen molar-refractivity contribution in [3.8, 4) is 55.9 Å². The zero-order chi connectivity index (χ0) is 30.5. The SMILES string of the molecule is c1ccc(-c2nc(-c3ccccc3)nc(-c3ccc(-c4cccc5oc6cc7sc(-c8ccccc8)nc7cc6c45)cc3)n2)cc1. The Hall–Kier alpha value is -5.98. The van der Waals surface area contributed by atoms with Crippen LogP contribution in [0, 0.1) is 0 Å². The number of nitrogens with zero attached hydrogens (tertiary/aromatic N) is 4. The highest BCUT2D eigenvalue weighted by atomic mass is 32.1. The average molecular weight is 609 g/mol. The van der Waals surface area contributed by atoms with E-state index in [9.17, 15) is 0 Å². The lowest BCUT2D eigenvalue weighted by Crippen LogP contribution is -2.00. The first-order valence-electron chi connectivity index (χ1n) is 15.1. The Kier molecular flexibility index (Phi) is 6.25. The minimum Gasteiger partial charge on any atom is -0.456 e. The second kappa shape index (κ2) is 10.9. The zero-order valence-electron chi connectivity index (χ0n) is 24.5. The van der Waals surface area contributed by atoms with Crippen molar-refractivity contribution in [3.05, 3.63) is 146 Å². The number of thiazole rings is 1. The number of furan rings is 1. The van der Waals surface area contributed by atoms with Crippen LogP contribution in [0.2, 0.25) is 0 Å². The van der Waals surface area contributed by atoms with Gasteiger partial charge in [-0.15, -0.1) is 11.3 Å². The lowest BCUT2D eigenvalue weighted by Gasteiger charge is -2.09. The van der Waals surface area contributed by atoms with E-state index in [-0.39, 0.29) is 0 Å². The van der Waals surface area contributed by atoms with Gasteiger partial charge in [0.1, 0.15) is 16.2 Å². The van der Waals surface area contributed by atoms with Crippen molar-refractivity contribution < 1.29 is 4.42 Å². The van der Waals surface area contributed by atoms with Crippen LogP contribution in [0.1, 0.15) is 0 Å². The van der Waals surface area contributed by atoms with Gasteiger partial charge in [0.25, 0.3) is 0 Å². The molecule has 0 amide bonds. The summed E-state index contributed by atoms with van der Waals surface area (Å²) < 4.78 is 7.50. The van der Waals surface area contributed by atoms with Crippen LogP contribution in [0.15, 0.2) is 150 Å². The minimum atomic E-state index is 0.631. The van der Waals surface area contributed by atoms with Gasteiger partial charge in [0.2, 0.25) is 0 Å². The summed E-state index contributed by atoms with van der Waals surface area (Å²) >= 11 is 1.69. The first-order chi connectivity index (χ1) is 22.8. The Bertz CT molecular complexity index is 2450. The molecule has 46 heavy (non-hydrogen) atoms. The van der Waals surface area contributed by atoms with Gasteiger partial charge in [-0.1, -0.05) is 127 Å². The molecule has 3 aromatic heterocycles. The van der Waals surface area contributed by atoms with Crippen molar-refractivity contribution in [2.24, 2.45) is 0 Å². The van der Waals surface area contributed by atoms with Gasteiger partial charge < -0.3 is 4.42 Å². The molecule has 0 fully saturated rings. The predicted molar refractivity (Wildman–Crippen MR) is 187 cm³/mol. The molecule has 0 aliphatic carbocycles. The predicted octanol–water partition coefficient (Wildman–Crippen LogP) is 10.7. The van der Waals surface area contributed by atoms with E-state index in [1.54, 1.807) is 11.3 Å². The third kappa shape index (κ3) is 4.64. The van der Waals surface area contributed by atoms with E-state index < -0.39 is 0 Å². The molecule has 0 atom stereocenters. The number of aromatic nitrogens is 4. The van der Waals surface area contributed by atoms with Crippen LogP contribution in [0.25, 0.3) is 88.0 Å². The molecule has 6 heteroatoms. The lowest BCUT2D eigenvalue weighted by molar-refractivity contribution is 0.669. The standard InChI is InChI=1S/C40H24N4OS/c1-4-11-26(12-5-1)37-42-38(27-13-6-2-7-14-27)44-39(43-37)28-21-19-25(20-22-28)30-17-10-18-33-36(30)31-23-32-35(24-34(31)45-33)46-40(41-32)29-15-8-3-9-16-29/h1-24H. The second-order valence-electron chi connectivity index (χ2n) is 11.1. The van der Waals surface area contributed by atoms with Gasteiger partial charge in [-0.25, -0.2) is 19.9 Å². The lowest BCUT2D eigenvalue weighted by atomic mass is 9.98. The summed E-state index contributed by atoms with van der Waals surface area (Å²) in [5.74, 6) is 1.92. The molecule has 216 valence electrons. The van der Waals surface area contributed by atoms with E-state index in [2.05, 4.69) is 54.6 Å². The molecule has 9 rings (SSSR count). The van der Waals surface area contributed by atoms with Crippen LogP contribution in [0.5, 0.6) is 0 Å². The van der Waals surface area contributed by atoms with E-state index in [0.29, 0.717) is 17.5 Å². The van der Waals surface area contributed by atoms with Gasteiger partial charge in [0, 0.05) is 39.1 Å². The molecule has 9 aromatic rings. The highest BCUT2D eigenvalue weighted by Gasteiger charge is 2.17. The average Bonchev–Trinajstić information content (AvgIpc) is 3.72. The van der Waals surface area contributed by atoms with Crippen LogP contribution < -0.4 is 0 Å². The largest absolute Gasteiger partial charge is 0.456 e. The smallest absolute Gasteiger partial charge is 0.164 e. The maximum absolute atomic E-state index is 6.39. The molecule has 0 aliphatic heterocycles. The highest BCUT2D eigenvalue weighted by Crippen LogP contribution is 2.40. The van der Waals surface area contributed by atoms with Crippen LogP contribution in [-0.4, -0.2) is 19.9 Å². The number of fused-ring (bicyclic) bond motifs is 4. The Balaban J connectivity index is 1.14. The molecule has 0 spiro atoms. The number of hydrogen-bond donors (Lipinski definition) is 0. The van der Waals surface area contributed by atoms with Gasteiger partial charge in [-0.2, -0.15) is 0 Å². The highest BCUT2D eigenvalue weighted by molar-refractivity contribution is 7.21. The third-order valence-corrected chi connectivity index (χ3v) is 9.25. The van der Waals surface area contributed by atoms with Crippen molar-refractivity contribution in [1.29, 1.82) is 0 Å². The molecule has 3 heterocycles. The summed E-state index contributed by atoms with van der Waals surface area (Å²) in [5, 5.41) is 3.15. The summed E-state index contributed by atoms with van der Waals surface area (Å²) in [6.07, 6.45) is 0. The van der Waals surface area contributed by atoms with Gasteiger partial charge in [0.05, 0.1) is 10.2 Å². The van der Waals surface area contributed by atoms with E-state index in [0.717, 1.165) is 70.5 Å². The van der Waals surface area contributed by atoms with Crippen LogP contribution in [-0.2, 0) is 0 Å². The summed E-state index contributed by atoms with van der Waals surface area (Å²) in [5.41, 5.74) is 8.82. The molecule has 0 unspecified atom stereocenters. The third-order valence-electron chi connectivity index (χ3n) is 8.18. The van der Waals surface area contributed by atoms with Crippen molar-refractivity contribution in [2.45, 2.75) is 0 Å². The molecule has 0 bridgehead atoms. The Morgan fingerprint density at radius 1 is 0.435 bits per heavy atom. The first-order valence-corrected chi connectivity index (χ1v) is 15.9. The number of rotatable bonds is 5. The van der Waals surface area contributed by atoms with Crippen molar-refractivity contribution in [1.82, 2.24) is 19.9 Å². The quantitative estimate of drug-likeness (QED) is 0.194. The van der Waals surface area contributed by atoms with Crippen LogP contribution >= 0.6 is 11.3 Å².